The standard InChI is InChI=1S/C20H30N2O2/c1-2-24-16-17-10-13-22(14-17)20(23)19(15-21-11-6-7-12-21)18-8-4-3-5-9-18/h3-5,8-9,17,19H,2,6-7,10-16H2,1H3. The molecular formula is C20H30N2O2. The zero-order valence-electron chi connectivity index (χ0n) is 14.8. The van der Waals surface area contributed by atoms with Crippen molar-refractivity contribution in [2.24, 2.45) is 5.92 Å². The highest BCUT2D eigenvalue weighted by Crippen LogP contribution is 2.26. The lowest BCUT2D eigenvalue weighted by molar-refractivity contribution is -0.132. The number of amides is 1. The van der Waals surface area contributed by atoms with Crippen molar-refractivity contribution >= 4 is 5.91 Å². The van der Waals surface area contributed by atoms with E-state index < -0.39 is 0 Å². The van der Waals surface area contributed by atoms with Gasteiger partial charge in [0.1, 0.15) is 0 Å². The van der Waals surface area contributed by atoms with Gasteiger partial charge in [-0.1, -0.05) is 30.3 Å². The van der Waals surface area contributed by atoms with E-state index in [4.69, 9.17) is 4.74 Å². The molecule has 132 valence electrons. The molecule has 4 nitrogen and oxygen atoms in total. The Morgan fingerprint density at radius 1 is 1.21 bits per heavy atom. The predicted molar refractivity (Wildman–Crippen MR) is 96.0 cm³/mol. The van der Waals surface area contributed by atoms with Gasteiger partial charge in [0.15, 0.2) is 0 Å². The number of hydrogen-bond acceptors (Lipinski definition) is 3. The van der Waals surface area contributed by atoms with Gasteiger partial charge in [0.2, 0.25) is 5.91 Å². The van der Waals surface area contributed by atoms with Crippen LogP contribution in [-0.2, 0) is 9.53 Å². The molecule has 1 aromatic carbocycles. The van der Waals surface area contributed by atoms with Gasteiger partial charge in [-0.15, -0.1) is 0 Å². The highest BCUT2D eigenvalue weighted by atomic mass is 16.5. The average Bonchev–Trinajstić information content (AvgIpc) is 3.30. The van der Waals surface area contributed by atoms with Crippen LogP contribution in [0.2, 0.25) is 0 Å². The second kappa shape index (κ2) is 8.63. The summed E-state index contributed by atoms with van der Waals surface area (Å²) in [6, 6.07) is 10.3. The molecule has 3 rings (SSSR count). The van der Waals surface area contributed by atoms with Crippen molar-refractivity contribution < 1.29 is 9.53 Å². The zero-order valence-corrected chi connectivity index (χ0v) is 14.8. The van der Waals surface area contributed by atoms with Gasteiger partial charge in [0.25, 0.3) is 0 Å². The van der Waals surface area contributed by atoms with Gasteiger partial charge in [0, 0.05) is 32.2 Å². The molecule has 2 heterocycles. The summed E-state index contributed by atoms with van der Waals surface area (Å²) in [5.41, 5.74) is 1.16. The Labute approximate surface area is 145 Å². The quantitative estimate of drug-likeness (QED) is 0.771. The molecule has 0 spiro atoms. The molecule has 0 N–H and O–H groups in total. The lowest BCUT2D eigenvalue weighted by Crippen LogP contribution is -2.39. The maximum Gasteiger partial charge on any atom is 0.231 e. The number of nitrogens with zero attached hydrogens (tertiary/aromatic N) is 2. The zero-order chi connectivity index (χ0) is 16.8. The third-order valence-corrected chi connectivity index (χ3v) is 5.29. The minimum Gasteiger partial charge on any atom is -0.381 e. The van der Waals surface area contributed by atoms with Crippen LogP contribution in [0.1, 0.15) is 37.7 Å². The largest absolute Gasteiger partial charge is 0.381 e. The van der Waals surface area contributed by atoms with Crippen molar-refractivity contribution in [3.63, 3.8) is 0 Å². The molecule has 0 bridgehead atoms. The molecule has 2 fully saturated rings. The maximum atomic E-state index is 13.2. The number of carbonyl (C=O) groups excluding carboxylic acids is 1. The second-order valence-electron chi connectivity index (χ2n) is 7.07. The number of ether oxygens (including phenoxy) is 1. The van der Waals surface area contributed by atoms with Crippen LogP contribution in [0, 0.1) is 5.92 Å². The summed E-state index contributed by atoms with van der Waals surface area (Å²) >= 11 is 0. The van der Waals surface area contributed by atoms with Crippen molar-refractivity contribution in [2.45, 2.75) is 32.1 Å². The Balaban J connectivity index is 1.67. The lowest BCUT2D eigenvalue weighted by Gasteiger charge is -2.27. The van der Waals surface area contributed by atoms with E-state index in [0.29, 0.717) is 11.8 Å². The van der Waals surface area contributed by atoms with E-state index >= 15 is 0 Å². The van der Waals surface area contributed by atoms with Crippen molar-refractivity contribution in [3.8, 4) is 0 Å². The summed E-state index contributed by atoms with van der Waals surface area (Å²) in [6.07, 6.45) is 3.59. The molecule has 0 radical (unpaired) electrons. The van der Waals surface area contributed by atoms with Crippen LogP contribution >= 0.6 is 0 Å². The molecule has 0 aliphatic carbocycles. The summed E-state index contributed by atoms with van der Waals surface area (Å²) < 4.78 is 5.55. The molecule has 2 unspecified atom stereocenters. The molecular weight excluding hydrogens is 300 g/mol. The van der Waals surface area contributed by atoms with E-state index in [1.165, 1.54) is 12.8 Å². The van der Waals surface area contributed by atoms with Crippen LogP contribution in [0.25, 0.3) is 0 Å². The Morgan fingerprint density at radius 3 is 2.67 bits per heavy atom. The fourth-order valence-electron chi connectivity index (χ4n) is 3.91. The normalized spacial score (nSPS) is 22.9. The van der Waals surface area contributed by atoms with Gasteiger partial charge >= 0.3 is 0 Å². The van der Waals surface area contributed by atoms with Gasteiger partial charge in [-0.3, -0.25) is 4.79 Å². The molecule has 4 heteroatoms. The Hall–Kier alpha value is -1.39. The van der Waals surface area contributed by atoms with Crippen LogP contribution < -0.4 is 0 Å². The second-order valence-corrected chi connectivity index (χ2v) is 7.07. The lowest BCUT2D eigenvalue weighted by atomic mass is 9.97. The fraction of sp³-hybridized carbons (Fsp3) is 0.650. The summed E-state index contributed by atoms with van der Waals surface area (Å²) in [5, 5.41) is 0. The van der Waals surface area contributed by atoms with Crippen LogP contribution in [-0.4, -0.2) is 61.6 Å². The van der Waals surface area contributed by atoms with Gasteiger partial charge in [-0.2, -0.15) is 0 Å². The molecule has 0 saturated carbocycles. The predicted octanol–water partition coefficient (Wildman–Crippen LogP) is 2.75. The first-order valence-electron chi connectivity index (χ1n) is 9.41. The highest BCUT2D eigenvalue weighted by Gasteiger charge is 2.33. The smallest absolute Gasteiger partial charge is 0.231 e. The van der Waals surface area contributed by atoms with Crippen molar-refractivity contribution in [2.75, 3.05) is 45.9 Å². The molecule has 1 amide bonds. The highest BCUT2D eigenvalue weighted by molar-refractivity contribution is 5.84. The van der Waals surface area contributed by atoms with Gasteiger partial charge in [-0.25, -0.2) is 0 Å². The van der Waals surface area contributed by atoms with E-state index in [1.54, 1.807) is 0 Å². The first-order chi connectivity index (χ1) is 11.8. The van der Waals surface area contributed by atoms with Crippen LogP contribution in [0.5, 0.6) is 0 Å². The van der Waals surface area contributed by atoms with Gasteiger partial charge < -0.3 is 14.5 Å². The van der Waals surface area contributed by atoms with Crippen LogP contribution in [0.4, 0.5) is 0 Å². The molecule has 2 aliphatic heterocycles. The maximum absolute atomic E-state index is 13.2. The number of benzene rings is 1. The number of rotatable bonds is 7. The SMILES string of the molecule is CCOCC1CCN(C(=O)C(CN2CCCC2)c2ccccc2)C1. The van der Waals surface area contributed by atoms with Gasteiger partial charge in [-0.05, 0) is 44.8 Å². The van der Waals surface area contributed by atoms with E-state index in [2.05, 4.69) is 21.9 Å². The monoisotopic (exact) mass is 330 g/mol. The molecule has 2 atom stereocenters. The topological polar surface area (TPSA) is 32.8 Å². The molecule has 0 aromatic heterocycles. The van der Waals surface area contributed by atoms with E-state index in [-0.39, 0.29) is 5.92 Å². The molecule has 2 aliphatic rings. The van der Waals surface area contributed by atoms with Crippen LogP contribution in [0.15, 0.2) is 30.3 Å². The Kier molecular flexibility index (Phi) is 6.27. The Morgan fingerprint density at radius 2 is 1.96 bits per heavy atom. The minimum atomic E-state index is -0.0323. The molecule has 2 saturated heterocycles. The number of likely N-dealkylation sites (tertiary alicyclic amines) is 2. The summed E-state index contributed by atoms with van der Waals surface area (Å²) in [6.45, 7) is 8.40. The minimum absolute atomic E-state index is 0.0323. The van der Waals surface area contributed by atoms with E-state index in [9.17, 15) is 4.79 Å². The fourth-order valence-corrected chi connectivity index (χ4v) is 3.91. The third kappa shape index (κ3) is 4.37. The average molecular weight is 330 g/mol. The first-order valence-corrected chi connectivity index (χ1v) is 9.41. The summed E-state index contributed by atoms with van der Waals surface area (Å²) in [5.74, 6) is 0.763. The van der Waals surface area contributed by atoms with Gasteiger partial charge in [0.05, 0.1) is 12.5 Å². The van der Waals surface area contributed by atoms with Crippen LogP contribution in [0.3, 0.4) is 0 Å². The molecule has 24 heavy (non-hydrogen) atoms. The van der Waals surface area contributed by atoms with Crippen molar-refractivity contribution in [1.82, 2.24) is 9.80 Å². The van der Waals surface area contributed by atoms with E-state index in [0.717, 1.165) is 57.9 Å². The van der Waals surface area contributed by atoms with Crippen molar-refractivity contribution in [3.05, 3.63) is 35.9 Å². The summed E-state index contributed by atoms with van der Waals surface area (Å²) in [7, 11) is 0. The van der Waals surface area contributed by atoms with E-state index in [1.807, 2.05) is 25.1 Å². The third-order valence-electron chi connectivity index (χ3n) is 5.29. The number of carbonyl (C=O) groups is 1. The first kappa shape index (κ1) is 17.4. The molecule has 1 aromatic rings. The summed E-state index contributed by atoms with van der Waals surface area (Å²) in [4.78, 5) is 17.7. The Bertz CT molecular complexity index is 514. The van der Waals surface area contributed by atoms with Crippen molar-refractivity contribution in [1.29, 1.82) is 0 Å². The number of hydrogen-bond donors (Lipinski definition) is 0.